The number of aromatic amines is 1. The molecule has 1 aliphatic heterocycles. The van der Waals surface area contributed by atoms with E-state index in [1.807, 2.05) is 18.0 Å². The number of carbonyl (C=O) groups excluding carboxylic acids is 1. The van der Waals surface area contributed by atoms with Gasteiger partial charge in [0, 0.05) is 23.8 Å². The van der Waals surface area contributed by atoms with Crippen LogP contribution in [0.15, 0.2) is 16.7 Å². The van der Waals surface area contributed by atoms with Crippen molar-refractivity contribution in [1.29, 1.82) is 0 Å². The Morgan fingerprint density at radius 2 is 2.53 bits per heavy atom. The van der Waals surface area contributed by atoms with Crippen molar-refractivity contribution in [3.8, 4) is 0 Å². The molecule has 1 amide bonds. The van der Waals surface area contributed by atoms with Crippen LogP contribution in [0.1, 0.15) is 23.3 Å². The molecule has 1 aliphatic rings. The lowest BCUT2D eigenvalue weighted by Gasteiger charge is -2.32. The van der Waals surface area contributed by atoms with Crippen molar-refractivity contribution < 1.29 is 4.79 Å². The molecule has 17 heavy (non-hydrogen) atoms. The molecule has 1 atom stereocenters. The molecule has 0 radical (unpaired) electrons. The summed E-state index contributed by atoms with van der Waals surface area (Å²) in [4.78, 5) is 17.2. The zero-order valence-electron chi connectivity index (χ0n) is 10.0. The van der Waals surface area contributed by atoms with Gasteiger partial charge in [0.25, 0.3) is 5.91 Å². The summed E-state index contributed by atoms with van der Waals surface area (Å²) in [6.07, 6.45) is 4.10. The molecule has 0 bridgehead atoms. The molecule has 0 saturated carbocycles. The second kappa shape index (κ2) is 5.69. The third-order valence-corrected chi connectivity index (χ3v) is 3.64. The number of piperidine rings is 1. The topological polar surface area (TPSA) is 48.1 Å². The quantitative estimate of drug-likeness (QED) is 0.895. The Morgan fingerprint density at radius 3 is 3.18 bits per heavy atom. The highest BCUT2D eigenvalue weighted by molar-refractivity contribution is 9.10. The average molecular weight is 300 g/mol. The fraction of sp³-hybridized carbons (Fsp3) is 0.583. The summed E-state index contributed by atoms with van der Waals surface area (Å²) in [5.74, 6) is 0.688. The number of H-pyrrole nitrogens is 1. The molecule has 1 saturated heterocycles. The van der Waals surface area contributed by atoms with Gasteiger partial charge in [0.1, 0.15) is 5.69 Å². The summed E-state index contributed by atoms with van der Waals surface area (Å²) in [6, 6.07) is 1.84. The number of amides is 1. The number of nitrogens with zero attached hydrogens (tertiary/aromatic N) is 1. The Hall–Kier alpha value is -0.810. The van der Waals surface area contributed by atoms with Crippen LogP contribution in [0.5, 0.6) is 0 Å². The van der Waals surface area contributed by atoms with E-state index in [9.17, 15) is 4.79 Å². The van der Waals surface area contributed by atoms with Gasteiger partial charge in [-0.05, 0) is 54.3 Å². The van der Waals surface area contributed by atoms with Crippen molar-refractivity contribution >= 4 is 21.8 Å². The van der Waals surface area contributed by atoms with Crippen LogP contribution in [0.25, 0.3) is 0 Å². The van der Waals surface area contributed by atoms with Gasteiger partial charge in [0.05, 0.1) is 0 Å². The molecular weight excluding hydrogens is 282 g/mol. The average Bonchev–Trinajstić information content (AvgIpc) is 2.76. The summed E-state index contributed by atoms with van der Waals surface area (Å²) in [7, 11) is 1.96. The maximum Gasteiger partial charge on any atom is 0.270 e. The summed E-state index contributed by atoms with van der Waals surface area (Å²) in [5, 5.41) is 3.19. The number of likely N-dealkylation sites (tertiary alicyclic amines) is 1. The van der Waals surface area contributed by atoms with Crippen molar-refractivity contribution in [1.82, 2.24) is 15.2 Å². The van der Waals surface area contributed by atoms with Gasteiger partial charge in [-0.15, -0.1) is 0 Å². The van der Waals surface area contributed by atoms with Gasteiger partial charge in [-0.2, -0.15) is 0 Å². The van der Waals surface area contributed by atoms with Gasteiger partial charge in [-0.3, -0.25) is 4.79 Å². The predicted octanol–water partition coefficient (Wildman–Crippen LogP) is 1.85. The fourth-order valence-electron chi connectivity index (χ4n) is 2.37. The van der Waals surface area contributed by atoms with Gasteiger partial charge in [-0.1, -0.05) is 0 Å². The van der Waals surface area contributed by atoms with Crippen molar-refractivity contribution in [2.75, 3.05) is 26.7 Å². The Morgan fingerprint density at radius 1 is 1.71 bits per heavy atom. The van der Waals surface area contributed by atoms with Crippen LogP contribution in [-0.4, -0.2) is 42.5 Å². The Labute approximate surface area is 110 Å². The van der Waals surface area contributed by atoms with Gasteiger partial charge >= 0.3 is 0 Å². The van der Waals surface area contributed by atoms with E-state index in [0.29, 0.717) is 11.6 Å². The molecule has 1 fully saturated rings. The Bertz CT molecular complexity index is 389. The van der Waals surface area contributed by atoms with Gasteiger partial charge in [-0.25, -0.2) is 0 Å². The molecular formula is C12H18BrN3O. The fourth-order valence-corrected chi connectivity index (χ4v) is 2.71. The molecule has 0 aromatic carbocycles. The molecule has 94 valence electrons. The van der Waals surface area contributed by atoms with Crippen molar-refractivity contribution in [2.24, 2.45) is 5.92 Å². The van der Waals surface area contributed by atoms with E-state index in [2.05, 4.69) is 26.2 Å². The highest BCUT2D eigenvalue weighted by Gasteiger charge is 2.24. The zero-order valence-corrected chi connectivity index (χ0v) is 11.6. The van der Waals surface area contributed by atoms with Crippen LogP contribution in [0.4, 0.5) is 0 Å². The molecule has 2 heterocycles. The SMILES string of the molecule is CNCC1CCCN(C(=O)c2cc(Br)c[nH]2)C1. The molecule has 0 aliphatic carbocycles. The van der Waals surface area contributed by atoms with Crippen molar-refractivity contribution in [2.45, 2.75) is 12.8 Å². The molecule has 2 rings (SSSR count). The minimum absolute atomic E-state index is 0.108. The van der Waals surface area contributed by atoms with E-state index < -0.39 is 0 Å². The lowest BCUT2D eigenvalue weighted by molar-refractivity contribution is 0.0669. The van der Waals surface area contributed by atoms with E-state index in [0.717, 1.165) is 30.5 Å². The van der Waals surface area contributed by atoms with Gasteiger partial charge < -0.3 is 15.2 Å². The summed E-state index contributed by atoms with van der Waals surface area (Å²) < 4.78 is 0.921. The first kappa shape index (κ1) is 12.6. The maximum absolute atomic E-state index is 12.2. The highest BCUT2D eigenvalue weighted by Crippen LogP contribution is 2.19. The van der Waals surface area contributed by atoms with Crippen LogP contribution in [0.3, 0.4) is 0 Å². The molecule has 5 heteroatoms. The van der Waals surface area contributed by atoms with Gasteiger partial charge in [0.15, 0.2) is 0 Å². The minimum atomic E-state index is 0.108. The molecule has 4 nitrogen and oxygen atoms in total. The molecule has 2 N–H and O–H groups in total. The van der Waals surface area contributed by atoms with Crippen LogP contribution in [0, 0.1) is 5.92 Å². The largest absolute Gasteiger partial charge is 0.356 e. The Kier molecular flexibility index (Phi) is 4.23. The maximum atomic E-state index is 12.2. The first-order valence-corrected chi connectivity index (χ1v) is 6.78. The zero-order chi connectivity index (χ0) is 12.3. The third-order valence-electron chi connectivity index (χ3n) is 3.18. The van der Waals surface area contributed by atoms with E-state index in [1.165, 1.54) is 6.42 Å². The summed E-state index contributed by atoms with van der Waals surface area (Å²) in [6.45, 7) is 2.71. The number of nitrogens with one attached hydrogen (secondary N) is 2. The second-order valence-corrected chi connectivity index (χ2v) is 5.46. The molecule has 1 aromatic heterocycles. The summed E-state index contributed by atoms with van der Waals surface area (Å²) >= 11 is 3.35. The minimum Gasteiger partial charge on any atom is -0.356 e. The number of halogens is 1. The number of aromatic nitrogens is 1. The first-order valence-electron chi connectivity index (χ1n) is 5.98. The third kappa shape index (κ3) is 3.10. The van der Waals surface area contributed by atoms with E-state index in [4.69, 9.17) is 0 Å². The van der Waals surface area contributed by atoms with E-state index in [1.54, 1.807) is 6.20 Å². The molecule has 0 spiro atoms. The normalized spacial score (nSPS) is 20.6. The number of hydrogen-bond donors (Lipinski definition) is 2. The van der Waals surface area contributed by atoms with Crippen molar-refractivity contribution in [3.63, 3.8) is 0 Å². The smallest absolute Gasteiger partial charge is 0.270 e. The second-order valence-electron chi connectivity index (χ2n) is 4.55. The number of rotatable bonds is 3. The lowest BCUT2D eigenvalue weighted by Crippen LogP contribution is -2.42. The molecule has 1 aromatic rings. The standard InChI is InChI=1S/C12H18BrN3O/c1-14-6-9-3-2-4-16(8-9)12(17)11-5-10(13)7-15-11/h5,7,9,14-15H,2-4,6,8H2,1H3. The number of hydrogen-bond acceptors (Lipinski definition) is 2. The monoisotopic (exact) mass is 299 g/mol. The number of carbonyl (C=O) groups is 1. The Balaban J connectivity index is 1.99. The summed E-state index contributed by atoms with van der Waals surface area (Å²) in [5.41, 5.74) is 0.669. The van der Waals surface area contributed by atoms with Crippen LogP contribution in [-0.2, 0) is 0 Å². The molecule has 1 unspecified atom stereocenters. The lowest BCUT2D eigenvalue weighted by atomic mass is 9.98. The van der Waals surface area contributed by atoms with E-state index >= 15 is 0 Å². The highest BCUT2D eigenvalue weighted by atomic mass is 79.9. The van der Waals surface area contributed by atoms with Gasteiger partial charge in [0.2, 0.25) is 0 Å². The first-order chi connectivity index (χ1) is 8.20. The van der Waals surface area contributed by atoms with E-state index in [-0.39, 0.29) is 5.91 Å². The van der Waals surface area contributed by atoms with Crippen molar-refractivity contribution in [3.05, 3.63) is 22.4 Å². The van der Waals surface area contributed by atoms with Crippen LogP contribution in [0.2, 0.25) is 0 Å². The predicted molar refractivity (Wildman–Crippen MR) is 71.0 cm³/mol. The van der Waals surface area contributed by atoms with Crippen LogP contribution < -0.4 is 5.32 Å². The van der Waals surface area contributed by atoms with Crippen LogP contribution >= 0.6 is 15.9 Å².